The zero-order valence-corrected chi connectivity index (χ0v) is 10.2. The Labute approximate surface area is 110 Å². The van der Waals surface area contributed by atoms with Crippen LogP contribution in [0.4, 0.5) is 4.39 Å². The van der Waals surface area contributed by atoms with Gasteiger partial charge in [-0.1, -0.05) is 0 Å². The van der Waals surface area contributed by atoms with Crippen molar-refractivity contribution in [2.24, 2.45) is 11.8 Å². The second-order valence-corrected chi connectivity index (χ2v) is 5.28. The minimum absolute atomic E-state index is 0.144. The summed E-state index contributed by atoms with van der Waals surface area (Å²) < 4.78 is 13.3. The summed E-state index contributed by atoms with van der Waals surface area (Å²) in [5.74, 6) is -0.321. The minimum atomic E-state index is -0.579. The van der Waals surface area contributed by atoms with E-state index in [-0.39, 0.29) is 29.1 Å². The molecule has 1 N–H and O–H groups in total. The third kappa shape index (κ3) is 1.98. The molecule has 4 nitrogen and oxygen atoms in total. The molecule has 98 valence electrons. The first-order valence-corrected chi connectivity index (χ1v) is 6.26. The number of rotatable bonds is 1. The van der Waals surface area contributed by atoms with Gasteiger partial charge in [0.25, 0.3) is 5.91 Å². The van der Waals surface area contributed by atoms with Crippen LogP contribution in [0.2, 0.25) is 0 Å². The molecule has 19 heavy (non-hydrogen) atoms. The lowest BCUT2D eigenvalue weighted by atomic mass is 9.74. The van der Waals surface area contributed by atoms with Crippen LogP contribution in [0.25, 0.3) is 0 Å². The Kier molecular flexibility index (Phi) is 2.76. The van der Waals surface area contributed by atoms with E-state index < -0.39 is 5.82 Å². The lowest BCUT2D eigenvalue weighted by molar-refractivity contribution is -0.00427. The van der Waals surface area contributed by atoms with Crippen molar-refractivity contribution in [3.63, 3.8) is 0 Å². The van der Waals surface area contributed by atoms with E-state index in [4.69, 9.17) is 5.26 Å². The van der Waals surface area contributed by atoms with Gasteiger partial charge in [0.1, 0.15) is 5.82 Å². The standard InChI is InChI=1S/C14H13FN2O2/c15-11-2-8(5-16)1-9(3-11)14(19)17-6-10-4-13(18)12(10)7-17/h1-3,10,12-13,18H,4,6-7H2/t10-,12+,13-/m0/s1. The van der Waals surface area contributed by atoms with Gasteiger partial charge in [0.15, 0.2) is 0 Å². The van der Waals surface area contributed by atoms with Crippen molar-refractivity contribution in [2.75, 3.05) is 13.1 Å². The summed E-state index contributed by atoms with van der Waals surface area (Å²) >= 11 is 0. The van der Waals surface area contributed by atoms with E-state index in [0.717, 1.165) is 18.6 Å². The van der Waals surface area contributed by atoms with Crippen molar-refractivity contribution >= 4 is 5.91 Å². The van der Waals surface area contributed by atoms with E-state index in [1.54, 1.807) is 4.90 Å². The number of hydrogen-bond acceptors (Lipinski definition) is 3. The highest BCUT2D eigenvalue weighted by Crippen LogP contribution is 2.41. The molecule has 2 aliphatic rings. The van der Waals surface area contributed by atoms with Gasteiger partial charge in [0, 0.05) is 24.6 Å². The van der Waals surface area contributed by atoms with Crippen LogP contribution in [0.3, 0.4) is 0 Å². The molecule has 1 aromatic carbocycles. The average Bonchev–Trinajstić information content (AvgIpc) is 2.74. The number of likely N-dealkylation sites (tertiary alicyclic amines) is 1. The number of hydrogen-bond donors (Lipinski definition) is 1. The van der Waals surface area contributed by atoms with Crippen molar-refractivity contribution in [1.29, 1.82) is 5.26 Å². The highest BCUT2D eigenvalue weighted by molar-refractivity contribution is 5.94. The molecule has 3 atom stereocenters. The summed E-state index contributed by atoms with van der Waals surface area (Å²) in [5, 5.41) is 18.4. The number of aliphatic hydroxyl groups excluding tert-OH is 1. The van der Waals surface area contributed by atoms with Crippen molar-refractivity contribution < 1.29 is 14.3 Å². The molecule has 1 saturated heterocycles. The van der Waals surface area contributed by atoms with Gasteiger partial charge in [0.2, 0.25) is 0 Å². The number of carbonyl (C=O) groups is 1. The van der Waals surface area contributed by atoms with Crippen LogP contribution < -0.4 is 0 Å². The Morgan fingerprint density at radius 1 is 1.42 bits per heavy atom. The summed E-state index contributed by atoms with van der Waals surface area (Å²) in [5.41, 5.74) is 0.345. The van der Waals surface area contributed by atoms with Gasteiger partial charge in [0.05, 0.1) is 17.7 Å². The molecule has 0 bridgehead atoms. The number of carbonyl (C=O) groups excluding carboxylic acids is 1. The van der Waals surface area contributed by atoms with Crippen LogP contribution in [0, 0.1) is 29.0 Å². The zero-order chi connectivity index (χ0) is 13.6. The molecule has 1 aromatic rings. The van der Waals surface area contributed by atoms with E-state index in [0.29, 0.717) is 19.0 Å². The van der Waals surface area contributed by atoms with Crippen molar-refractivity contribution in [1.82, 2.24) is 4.90 Å². The minimum Gasteiger partial charge on any atom is -0.393 e. The van der Waals surface area contributed by atoms with Crippen LogP contribution in [0.1, 0.15) is 22.3 Å². The molecular formula is C14H13FN2O2. The van der Waals surface area contributed by atoms with Gasteiger partial charge in [-0.05, 0) is 30.5 Å². The third-order valence-electron chi connectivity index (χ3n) is 4.09. The fourth-order valence-electron chi connectivity index (χ4n) is 3.00. The summed E-state index contributed by atoms with van der Waals surface area (Å²) in [6.45, 7) is 1.13. The quantitative estimate of drug-likeness (QED) is 0.823. The molecule has 0 radical (unpaired) electrons. The predicted molar refractivity (Wildman–Crippen MR) is 64.6 cm³/mol. The first-order chi connectivity index (χ1) is 9.08. The predicted octanol–water partition coefficient (Wildman–Crippen LogP) is 1.15. The van der Waals surface area contributed by atoms with Crippen molar-refractivity contribution in [3.8, 4) is 6.07 Å². The number of benzene rings is 1. The lowest BCUT2D eigenvalue weighted by Crippen LogP contribution is -2.39. The fourth-order valence-corrected chi connectivity index (χ4v) is 3.00. The Bertz CT molecular complexity index is 581. The number of halogens is 1. The van der Waals surface area contributed by atoms with Crippen LogP contribution in [0.15, 0.2) is 18.2 Å². The van der Waals surface area contributed by atoms with E-state index in [1.165, 1.54) is 6.07 Å². The molecule has 5 heteroatoms. The number of aliphatic hydroxyl groups is 1. The number of nitriles is 1. The molecule has 3 rings (SSSR count). The normalized spacial score (nSPS) is 28.5. The van der Waals surface area contributed by atoms with Gasteiger partial charge >= 0.3 is 0 Å². The smallest absolute Gasteiger partial charge is 0.254 e. The highest BCUT2D eigenvalue weighted by Gasteiger charge is 2.47. The van der Waals surface area contributed by atoms with Gasteiger partial charge in [-0.3, -0.25) is 4.79 Å². The van der Waals surface area contributed by atoms with Gasteiger partial charge in [-0.25, -0.2) is 4.39 Å². The van der Waals surface area contributed by atoms with Crippen LogP contribution in [-0.4, -0.2) is 35.1 Å². The van der Waals surface area contributed by atoms with Gasteiger partial charge in [-0.2, -0.15) is 5.26 Å². The number of amides is 1. The Morgan fingerprint density at radius 2 is 2.21 bits per heavy atom. The lowest BCUT2D eigenvalue weighted by Gasteiger charge is -2.34. The van der Waals surface area contributed by atoms with Gasteiger partial charge < -0.3 is 10.0 Å². The topological polar surface area (TPSA) is 64.3 Å². The Morgan fingerprint density at radius 3 is 2.84 bits per heavy atom. The maximum atomic E-state index is 13.3. The second kappa shape index (κ2) is 4.32. The fraction of sp³-hybridized carbons (Fsp3) is 0.429. The van der Waals surface area contributed by atoms with Gasteiger partial charge in [-0.15, -0.1) is 0 Å². The molecular weight excluding hydrogens is 247 g/mol. The number of fused-ring (bicyclic) bond motifs is 1. The molecule has 1 amide bonds. The van der Waals surface area contributed by atoms with Crippen molar-refractivity contribution in [2.45, 2.75) is 12.5 Å². The highest BCUT2D eigenvalue weighted by atomic mass is 19.1. The Hall–Kier alpha value is -1.93. The molecule has 1 heterocycles. The first kappa shape index (κ1) is 12.1. The molecule has 0 aromatic heterocycles. The second-order valence-electron chi connectivity index (χ2n) is 5.28. The van der Waals surface area contributed by atoms with Crippen LogP contribution in [0.5, 0.6) is 0 Å². The summed E-state index contributed by atoms with van der Waals surface area (Å²) in [6.07, 6.45) is 0.422. The summed E-state index contributed by atoms with van der Waals surface area (Å²) in [7, 11) is 0. The first-order valence-electron chi connectivity index (χ1n) is 6.26. The van der Waals surface area contributed by atoms with Crippen LogP contribution in [-0.2, 0) is 0 Å². The van der Waals surface area contributed by atoms with E-state index in [1.807, 2.05) is 6.07 Å². The average molecular weight is 260 g/mol. The molecule has 0 unspecified atom stereocenters. The maximum Gasteiger partial charge on any atom is 0.254 e. The molecule has 1 aliphatic carbocycles. The Balaban J connectivity index is 1.81. The molecule has 1 saturated carbocycles. The maximum absolute atomic E-state index is 13.3. The number of nitrogens with zero attached hydrogens (tertiary/aromatic N) is 2. The van der Waals surface area contributed by atoms with E-state index in [2.05, 4.69) is 0 Å². The largest absolute Gasteiger partial charge is 0.393 e. The van der Waals surface area contributed by atoms with E-state index in [9.17, 15) is 14.3 Å². The van der Waals surface area contributed by atoms with Crippen LogP contribution >= 0.6 is 0 Å². The van der Waals surface area contributed by atoms with E-state index >= 15 is 0 Å². The summed E-state index contributed by atoms with van der Waals surface area (Å²) in [6, 6.07) is 5.50. The van der Waals surface area contributed by atoms with Crippen molar-refractivity contribution in [3.05, 3.63) is 35.1 Å². The summed E-state index contributed by atoms with van der Waals surface area (Å²) in [4.78, 5) is 13.9. The third-order valence-corrected chi connectivity index (χ3v) is 4.09. The monoisotopic (exact) mass is 260 g/mol. The zero-order valence-electron chi connectivity index (χ0n) is 10.2. The molecule has 1 aliphatic heterocycles. The molecule has 0 spiro atoms. The SMILES string of the molecule is N#Cc1cc(F)cc(C(=O)N2C[C@@H]3C[C@H](O)[C@@H]3C2)c1. The molecule has 2 fully saturated rings.